The molecule has 0 amide bonds. The lowest BCUT2D eigenvalue weighted by molar-refractivity contribution is 0.289. The summed E-state index contributed by atoms with van der Waals surface area (Å²) in [6, 6.07) is 5.91. The molecule has 0 saturated carbocycles. The van der Waals surface area contributed by atoms with Crippen LogP contribution in [0.25, 0.3) is 0 Å². The number of hydrogen-bond donors (Lipinski definition) is 1. The number of nitrogens with two attached hydrogens (primary N) is 1. The summed E-state index contributed by atoms with van der Waals surface area (Å²) in [4.78, 5) is 0.392. The van der Waals surface area contributed by atoms with Crippen LogP contribution in [0.4, 0.5) is 0 Å². The van der Waals surface area contributed by atoms with Gasteiger partial charge in [-0.3, -0.25) is 0 Å². The van der Waals surface area contributed by atoms with Crippen molar-refractivity contribution >= 4 is 17.2 Å². The largest absolute Gasteiger partial charge is 0.493 e. The van der Waals surface area contributed by atoms with E-state index in [9.17, 15) is 0 Å². The molecule has 16 heavy (non-hydrogen) atoms. The maximum atomic E-state index is 5.70. The first-order chi connectivity index (χ1) is 7.50. The van der Waals surface area contributed by atoms with Crippen molar-refractivity contribution in [3.63, 3.8) is 0 Å². The zero-order chi connectivity index (χ0) is 12.1. The summed E-state index contributed by atoms with van der Waals surface area (Å²) in [5.41, 5.74) is 7.64. The molecule has 0 bridgehead atoms. The summed E-state index contributed by atoms with van der Waals surface area (Å²) in [6.07, 6.45) is 1.03. The second-order valence-electron chi connectivity index (χ2n) is 4.39. The molecule has 0 unspecified atom stereocenters. The Hall–Kier alpha value is -1.09. The minimum atomic E-state index is 0.392. The molecule has 0 aliphatic heterocycles. The second-order valence-corrected chi connectivity index (χ2v) is 4.83. The van der Waals surface area contributed by atoms with Gasteiger partial charge >= 0.3 is 0 Å². The summed E-state index contributed by atoms with van der Waals surface area (Å²) in [7, 11) is 0. The van der Waals surface area contributed by atoms with Gasteiger partial charge in [-0.15, -0.1) is 0 Å². The Morgan fingerprint density at radius 3 is 2.69 bits per heavy atom. The van der Waals surface area contributed by atoms with E-state index in [1.165, 1.54) is 0 Å². The van der Waals surface area contributed by atoms with Crippen molar-refractivity contribution in [2.75, 3.05) is 6.61 Å². The van der Waals surface area contributed by atoms with Crippen LogP contribution in [0, 0.1) is 12.8 Å². The zero-order valence-corrected chi connectivity index (χ0v) is 10.9. The summed E-state index contributed by atoms with van der Waals surface area (Å²) < 4.78 is 5.70. The van der Waals surface area contributed by atoms with Gasteiger partial charge in [0.05, 0.1) is 12.2 Å². The highest BCUT2D eigenvalue weighted by molar-refractivity contribution is 7.80. The van der Waals surface area contributed by atoms with Crippen molar-refractivity contribution in [1.29, 1.82) is 0 Å². The molecular weight excluding hydrogens is 218 g/mol. The van der Waals surface area contributed by atoms with Gasteiger partial charge in [-0.2, -0.15) is 0 Å². The fraction of sp³-hybridized carbons (Fsp3) is 0.462. The van der Waals surface area contributed by atoms with Gasteiger partial charge in [0.25, 0.3) is 0 Å². The zero-order valence-electron chi connectivity index (χ0n) is 10.1. The number of thiocarbonyl (C=S) groups is 1. The van der Waals surface area contributed by atoms with Gasteiger partial charge in [0.2, 0.25) is 0 Å². The third-order valence-corrected chi connectivity index (χ3v) is 2.57. The van der Waals surface area contributed by atoms with E-state index in [1.807, 2.05) is 25.1 Å². The van der Waals surface area contributed by atoms with Crippen molar-refractivity contribution in [1.82, 2.24) is 0 Å². The van der Waals surface area contributed by atoms with Crippen LogP contribution in [0.3, 0.4) is 0 Å². The normalized spacial score (nSPS) is 10.5. The Labute approximate surface area is 103 Å². The van der Waals surface area contributed by atoms with E-state index in [0.717, 1.165) is 23.3 Å². The van der Waals surface area contributed by atoms with Crippen LogP contribution in [0.5, 0.6) is 5.75 Å². The Morgan fingerprint density at radius 1 is 1.44 bits per heavy atom. The molecule has 0 saturated heterocycles. The summed E-state index contributed by atoms with van der Waals surface area (Å²) >= 11 is 5.01. The van der Waals surface area contributed by atoms with E-state index in [0.29, 0.717) is 17.5 Å². The average Bonchev–Trinajstić information content (AvgIpc) is 2.19. The van der Waals surface area contributed by atoms with E-state index in [-0.39, 0.29) is 0 Å². The molecule has 1 aromatic carbocycles. The monoisotopic (exact) mass is 237 g/mol. The van der Waals surface area contributed by atoms with Gasteiger partial charge in [-0.25, -0.2) is 0 Å². The minimum Gasteiger partial charge on any atom is -0.493 e. The number of ether oxygens (including phenoxy) is 1. The molecule has 3 heteroatoms. The van der Waals surface area contributed by atoms with E-state index in [1.54, 1.807) is 0 Å². The maximum Gasteiger partial charge on any atom is 0.129 e. The highest BCUT2D eigenvalue weighted by atomic mass is 32.1. The highest BCUT2D eigenvalue weighted by Crippen LogP contribution is 2.20. The molecule has 0 atom stereocenters. The molecule has 2 nitrogen and oxygen atoms in total. The van der Waals surface area contributed by atoms with E-state index < -0.39 is 0 Å². The summed E-state index contributed by atoms with van der Waals surface area (Å²) in [5, 5.41) is 0. The third kappa shape index (κ3) is 3.81. The molecular formula is C13H19NOS. The lowest BCUT2D eigenvalue weighted by Crippen LogP contribution is -2.13. The van der Waals surface area contributed by atoms with E-state index in [4.69, 9.17) is 22.7 Å². The van der Waals surface area contributed by atoms with Crippen LogP contribution in [0.1, 0.15) is 31.4 Å². The summed E-state index contributed by atoms with van der Waals surface area (Å²) in [6.45, 7) is 7.07. The molecule has 2 N–H and O–H groups in total. The topological polar surface area (TPSA) is 35.2 Å². The van der Waals surface area contributed by atoms with Gasteiger partial charge < -0.3 is 10.5 Å². The summed E-state index contributed by atoms with van der Waals surface area (Å²) in [5.74, 6) is 1.43. The van der Waals surface area contributed by atoms with Crippen molar-refractivity contribution in [3.05, 3.63) is 29.3 Å². The molecule has 0 spiro atoms. The Kier molecular flexibility index (Phi) is 4.74. The quantitative estimate of drug-likeness (QED) is 0.799. The highest BCUT2D eigenvalue weighted by Gasteiger charge is 2.06. The van der Waals surface area contributed by atoms with Crippen molar-refractivity contribution in [2.24, 2.45) is 11.7 Å². The first-order valence-corrected chi connectivity index (χ1v) is 5.94. The molecule has 0 radical (unpaired) electrons. The molecule has 0 heterocycles. The molecule has 1 rings (SSSR count). The Balaban J connectivity index is 2.75. The molecule has 0 aliphatic carbocycles. The second kappa shape index (κ2) is 5.85. The van der Waals surface area contributed by atoms with Crippen molar-refractivity contribution < 1.29 is 4.74 Å². The fourth-order valence-electron chi connectivity index (χ4n) is 1.37. The van der Waals surface area contributed by atoms with Crippen LogP contribution < -0.4 is 10.5 Å². The van der Waals surface area contributed by atoms with Crippen LogP contribution in [-0.4, -0.2) is 11.6 Å². The Morgan fingerprint density at radius 2 is 2.12 bits per heavy atom. The fourth-order valence-corrected chi connectivity index (χ4v) is 1.53. The van der Waals surface area contributed by atoms with Gasteiger partial charge in [0.1, 0.15) is 10.7 Å². The lowest BCUT2D eigenvalue weighted by atomic mass is 10.1. The molecule has 0 fully saturated rings. The van der Waals surface area contributed by atoms with Gasteiger partial charge in [-0.1, -0.05) is 37.7 Å². The average molecular weight is 237 g/mol. The van der Waals surface area contributed by atoms with Crippen molar-refractivity contribution in [3.8, 4) is 5.75 Å². The SMILES string of the molecule is Cc1ccc(OCCC(C)C)c(C(N)=S)c1. The molecule has 1 aromatic rings. The molecule has 88 valence electrons. The molecule has 0 aliphatic rings. The number of aryl methyl sites for hydroxylation is 1. The predicted molar refractivity (Wildman–Crippen MR) is 72.0 cm³/mol. The first kappa shape index (κ1) is 13.0. The Bertz CT molecular complexity index is 374. The first-order valence-electron chi connectivity index (χ1n) is 5.54. The van der Waals surface area contributed by atoms with E-state index >= 15 is 0 Å². The van der Waals surface area contributed by atoms with Crippen molar-refractivity contribution in [2.45, 2.75) is 27.2 Å². The predicted octanol–water partition coefficient (Wildman–Crippen LogP) is 3.05. The van der Waals surface area contributed by atoms with Crippen LogP contribution in [-0.2, 0) is 0 Å². The third-order valence-electron chi connectivity index (χ3n) is 2.35. The van der Waals surface area contributed by atoms with Gasteiger partial charge in [0, 0.05) is 0 Å². The smallest absolute Gasteiger partial charge is 0.129 e. The van der Waals surface area contributed by atoms with E-state index in [2.05, 4.69) is 13.8 Å². The maximum absolute atomic E-state index is 5.70. The van der Waals surface area contributed by atoms with Crippen LogP contribution >= 0.6 is 12.2 Å². The molecule has 0 aromatic heterocycles. The van der Waals surface area contributed by atoms with Gasteiger partial charge in [0.15, 0.2) is 0 Å². The van der Waals surface area contributed by atoms with Gasteiger partial charge in [-0.05, 0) is 31.4 Å². The number of benzene rings is 1. The number of rotatable bonds is 5. The van der Waals surface area contributed by atoms with Crippen LogP contribution in [0.2, 0.25) is 0 Å². The number of hydrogen-bond acceptors (Lipinski definition) is 2. The minimum absolute atomic E-state index is 0.392. The lowest BCUT2D eigenvalue weighted by Gasteiger charge is -2.12. The van der Waals surface area contributed by atoms with Crippen LogP contribution in [0.15, 0.2) is 18.2 Å². The standard InChI is InChI=1S/C13H19NOS/c1-9(2)6-7-15-12-5-4-10(3)8-11(12)13(14)16/h4-5,8-9H,6-7H2,1-3H3,(H2,14,16).